The molecule has 0 saturated carbocycles. The number of aliphatic imine (C=N–C) groups is 1. The number of hydrogen-bond acceptors (Lipinski definition) is 6. The summed E-state index contributed by atoms with van der Waals surface area (Å²) in [5.74, 6) is 3.43. The molecule has 0 spiro atoms. The highest BCUT2D eigenvalue weighted by Crippen LogP contribution is 2.13. The molecule has 1 aliphatic rings. The number of nitrogens with one attached hydrogen (secondary N) is 2. The van der Waals surface area contributed by atoms with E-state index in [0.717, 1.165) is 75.7 Å². The van der Waals surface area contributed by atoms with Crippen LogP contribution in [0.1, 0.15) is 24.1 Å². The van der Waals surface area contributed by atoms with Gasteiger partial charge in [-0.2, -0.15) is 0 Å². The molecule has 10 heteroatoms. The molecule has 1 aromatic carbocycles. The summed E-state index contributed by atoms with van der Waals surface area (Å²) in [5.41, 5.74) is 1.23. The Labute approximate surface area is 208 Å². The summed E-state index contributed by atoms with van der Waals surface area (Å²) in [6.45, 7) is 11.2. The van der Waals surface area contributed by atoms with E-state index in [9.17, 15) is 0 Å². The molecule has 0 unspecified atom stereocenters. The van der Waals surface area contributed by atoms with E-state index in [2.05, 4.69) is 37.9 Å². The lowest BCUT2D eigenvalue weighted by molar-refractivity contribution is 0.0389. The molecule has 1 aliphatic heterocycles. The zero-order chi connectivity index (χ0) is 21.9. The lowest BCUT2D eigenvalue weighted by Crippen LogP contribution is -2.44. The van der Waals surface area contributed by atoms with E-state index >= 15 is 0 Å². The van der Waals surface area contributed by atoms with E-state index in [-0.39, 0.29) is 24.0 Å². The van der Waals surface area contributed by atoms with Crippen LogP contribution in [-0.4, -0.2) is 78.2 Å². The van der Waals surface area contributed by atoms with Crippen molar-refractivity contribution in [1.29, 1.82) is 0 Å². The van der Waals surface area contributed by atoms with Gasteiger partial charge in [0.25, 0.3) is 0 Å². The Morgan fingerprint density at radius 2 is 1.97 bits per heavy atom. The van der Waals surface area contributed by atoms with Crippen molar-refractivity contribution in [3.8, 4) is 5.75 Å². The highest BCUT2D eigenvalue weighted by molar-refractivity contribution is 14.0. The van der Waals surface area contributed by atoms with E-state index in [1.807, 2.05) is 37.6 Å². The maximum Gasteiger partial charge on any atom is 0.191 e. The third-order valence-electron chi connectivity index (χ3n) is 5.30. The lowest BCUT2D eigenvalue weighted by Gasteiger charge is -2.26. The maximum absolute atomic E-state index is 5.60. The molecule has 1 saturated heterocycles. The first kappa shape index (κ1) is 26.3. The summed E-state index contributed by atoms with van der Waals surface area (Å²) in [5, 5.41) is 15.2. The van der Waals surface area contributed by atoms with Crippen LogP contribution >= 0.6 is 24.0 Å². The van der Waals surface area contributed by atoms with Gasteiger partial charge in [0, 0.05) is 39.8 Å². The van der Waals surface area contributed by atoms with Crippen LogP contribution in [0.15, 0.2) is 29.3 Å². The van der Waals surface area contributed by atoms with Gasteiger partial charge in [-0.15, -0.1) is 34.2 Å². The third-order valence-corrected chi connectivity index (χ3v) is 5.30. The number of rotatable bonds is 10. The number of benzene rings is 1. The van der Waals surface area contributed by atoms with Gasteiger partial charge in [-0.1, -0.05) is 12.1 Å². The summed E-state index contributed by atoms with van der Waals surface area (Å²) < 4.78 is 13.0. The lowest BCUT2D eigenvalue weighted by atomic mass is 10.1. The Morgan fingerprint density at radius 3 is 2.69 bits per heavy atom. The van der Waals surface area contributed by atoms with Gasteiger partial charge in [-0.05, 0) is 38.0 Å². The van der Waals surface area contributed by atoms with Crippen LogP contribution in [0.2, 0.25) is 0 Å². The first-order chi connectivity index (χ1) is 15.2. The van der Waals surface area contributed by atoms with Crippen molar-refractivity contribution in [2.45, 2.75) is 26.8 Å². The van der Waals surface area contributed by atoms with Crippen molar-refractivity contribution in [3.05, 3.63) is 41.5 Å². The summed E-state index contributed by atoms with van der Waals surface area (Å²) >= 11 is 0. The fourth-order valence-electron chi connectivity index (χ4n) is 3.35. The molecule has 0 aliphatic carbocycles. The third kappa shape index (κ3) is 8.55. The predicted molar refractivity (Wildman–Crippen MR) is 137 cm³/mol. The molecule has 0 amide bonds. The summed E-state index contributed by atoms with van der Waals surface area (Å²) in [6.07, 6.45) is 0.883. The maximum atomic E-state index is 5.60. The van der Waals surface area contributed by atoms with Gasteiger partial charge in [-0.3, -0.25) is 4.90 Å². The Morgan fingerprint density at radius 1 is 1.19 bits per heavy atom. The number of morpholine rings is 1. The molecular formula is C22H36IN7O2. The van der Waals surface area contributed by atoms with Gasteiger partial charge in [0.15, 0.2) is 11.8 Å². The number of aryl methyl sites for hydroxylation is 1. The monoisotopic (exact) mass is 557 g/mol. The van der Waals surface area contributed by atoms with E-state index in [4.69, 9.17) is 14.5 Å². The fraction of sp³-hybridized carbons (Fsp3) is 0.591. The van der Waals surface area contributed by atoms with Crippen molar-refractivity contribution >= 4 is 29.9 Å². The van der Waals surface area contributed by atoms with Gasteiger partial charge >= 0.3 is 0 Å². The standard InChI is InChI=1S/C22H35N7O2.HI/c1-4-31-20-7-5-6-19(16-20)8-9-23-22(24-10-11-29-12-14-30-15-13-29)25-17-21-27-26-18(2)28(21)3;/h5-7,16H,4,8-15,17H2,1-3H3,(H2,23,24,25);1H. The van der Waals surface area contributed by atoms with E-state index in [0.29, 0.717) is 13.2 Å². The molecule has 32 heavy (non-hydrogen) atoms. The molecule has 178 valence electrons. The van der Waals surface area contributed by atoms with Crippen LogP contribution in [0.3, 0.4) is 0 Å². The molecule has 2 heterocycles. The molecule has 9 nitrogen and oxygen atoms in total. The van der Waals surface area contributed by atoms with Gasteiger partial charge in [0.1, 0.15) is 18.1 Å². The second kappa shape index (κ2) is 14.3. The number of nitrogens with zero attached hydrogens (tertiary/aromatic N) is 5. The number of hydrogen-bond donors (Lipinski definition) is 2. The van der Waals surface area contributed by atoms with E-state index in [1.165, 1.54) is 5.56 Å². The average Bonchev–Trinajstić information content (AvgIpc) is 3.10. The minimum absolute atomic E-state index is 0. The van der Waals surface area contributed by atoms with Gasteiger partial charge < -0.3 is 24.7 Å². The molecule has 0 bridgehead atoms. The minimum atomic E-state index is 0. The molecule has 0 radical (unpaired) electrons. The normalized spacial score (nSPS) is 14.7. The summed E-state index contributed by atoms with van der Waals surface area (Å²) in [7, 11) is 1.96. The van der Waals surface area contributed by atoms with Crippen LogP contribution in [0, 0.1) is 6.92 Å². The SMILES string of the molecule is CCOc1cccc(CCNC(=NCc2nnc(C)n2C)NCCN2CCOCC2)c1.I. The average molecular weight is 557 g/mol. The van der Waals surface area contributed by atoms with Crippen molar-refractivity contribution in [3.63, 3.8) is 0 Å². The number of aromatic nitrogens is 3. The highest BCUT2D eigenvalue weighted by atomic mass is 127. The van der Waals surface area contributed by atoms with Crippen molar-refractivity contribution in [2.75, 3.05) is 52.5 Å². The van der Waals surface area contributed by atoms with Crippen LogP contribution in [0.25, 0.3) is 0 Å². The Bertz CT molecular complexity index is 837. The zero-order valence-electron chi connectivity index (χ0n) is 19.3. The topological polar surface area (TPSA) is 88.8 Å². The number of halogens is 1. The minimum Gasteiger partial charge on any atom is -0.494 e. The van der Waals surface area contributed by atoms with Crippen LogP contribution in [0.4, 0.5) is 0 Å². The predicted octanol–water partition coefficient (Wildman–Crippen LogP) is 1.75. The Kier molecular flexibility index (Phi) is 11.7. The second-order valence-corrected chi connectivity index (χ2v) is 7.53. The highest BCUT2D eigenvalue weighted by Gasteiger charge is 2.10. The Balaban J connectivity index is 0.00000363. The van der Waals surface area contributed by atoms with Crippen molar-refractivity contribution in [1.82, 2.24) is 30.3 Å². The number of guanidine groups is 1. The Hall–Kier alpha value is -1.92. The molecular weight excluding hydrogens is 521 g/mol. The van der Waals surface area contributed by atoms with Crippen LogP contribution in [0.5, 0.6) is 5.75 Å². The molecule has 2 N–H and O–H groups in total. The smallest absolute Gasteiger partial charge is 0.191 e. The quantitative estimate of drug-likeness (QED) is 0.262. The zero-order valence-corrected chi connectivity index (χ0v) is 21.7. The second-order valence-electron chi connectivity index (χ2n) is 7.53. The van der Waals surface area contributed by atoms with Crippen molar-refractivity contribution < 1.29 is 9.47 Å². The van der Waals surface area contributed by atoms with Crippen LogP contribution < -0.4 is 15.4 Å². The molecule has 3 rings (SSSR count). The van der Waals surface area contributed by atoms with Gasteiger partial charge in [0.2, 0.25) is 0 Å². The van der Waals surface area contributed by atoms with Gasteiger partial charge in [-0.25, -0.2) is 4.99 Å². The van der Waals surface area contributed by atoms with Crippen LogP contribution in [-0.2, 0) is 24.8 Å². The molecule has 1 fully saturated rings. The number of ether oxygens (including phenoxy) is 2. The van der Waals surface area contributed by atoms with E-state index in [1.54, 1.807) is 0 Å². The summed E-state index contributed by atoms with van der Waals surface area (Å²) in [6, 6.07) is 8.24. The first-order valence-electron chi connectivity index (χ1n) is 11.0. The molecule has 2 aromatic rings. The largest absolute Gasteiger partial charge is 0.494 e. The summed E-state index contributed by atoms with van der Waals surface area (Å²) in [4.78, 5) is 7.13. The first-order valence-corrected chi connectivity index (χ1v) is 11.0. The van der Waals surface area contributed by atoms with Gasteiger partial charge in [0.05, 0.1) is 19.8 Å². The fourth-order valence-corrected chi connectivity index (χ4v) is 3.35. The molecule has 1 aromatic heterocycles. The van der Waals surface area contributed by atoms with Crippen molar-refractivity contribution in [2.24, 2.45) is 12.0 Å². The molecule has 0 atom stereocenters. The van der Waals surface area contributed by atoms with E-state index < -0.39 is 0 Å².